The molecule has 1 N–H and O–H groups in total. The molecule has 0 aromatic heterocycles. The minimum Gasteiger partial charge on any atom is -0.497 e. The number of benzene rings is 2. The molecule has 0 saturated carbocycles. The Hall–Kier alpha value is -1.58. The maximum atomic E-state index is 13.1. The van der Waals surface area contributed by atoms with E-state index < -0.39 is 0 Å². The lowest BCUT2D eigenvalue weighted by molar-refractivity contribution is 0.414. The maximum absolute atomic E-state index is 13.1. The standard InChI is InChI=1S/C16H17ClFNO/c1-19-16(14-7-6-12(18)10-15(14)17)9-11-4-3-5-13(8-11)20-2/h3-8,10,16,19H,9H2,1-2H3. The van der Waals surface area contributed by atoms with Crippen molar-refractivity contribution in [3.8, 4) is 5.75 Å². The van der Waals surface area contributed by atoms with Crippen molar-refractivity contribution in [2.75, 3.05) is 14.2 Å². The predicted octanol–water partition coefficient (Wildman–Crippen LogP) is 3.99. The lowest BCUT2D eigenvalue weighted by Crippen LogP contribution is -2.19. The van der Waals surface area contributed by atoms with Gasteiger partial charge in [-0.3, -0.25) is 0 Å². The number of rotatable bonds is 5. The van der Waals surface area contributed by atoms with Crippen LogP contribution in [-0.4, -0.2) is 14.2 Å². The summed E-state index contributed by atoms with van der Waals surface area (Å²) in [6, 6.07) is 12.4. The zero-order chi connectivity index (χ0) is 14.5. The van der Waals surface area contributed by atoms with Crippen LogP contribution in [0, 0.1) is 5.82 Å². The second kappa shape index (κ2) is 6.73. The molecule has 0 fully saturated rings. The Morgan fingerprint density at radius 3 is 2.70 bits per heavy atom. The molecule has 0 bridgehead atoms. The van der Waals surface area contributed by atoms with Gasteiger partial charge >= 0.3 is 0 Å². The normalized spacial score (nSPS) is 12.2. The Kier molecular flexibility index (Phi) is 4.99. The molecular weight excluding hydrogens is 277 g/mol. The first-order valence-electron chi connectivity index (χ1n) is 6.39. The molecule has 2 aromatic rings. The first-order valence-corrected chi connectivity index (χ1v) is 6.77. The highest BCUT2D eigenvalue weighted by atomic mass is 35.5. The van der Waals surface area contributed by atoms with Crippen molar-refractivity contribution in [1.29, 1.82) is 0 Å². The summed E-state index contributed by atoms with van der Waals surface area (Å²) in [5.74, 6) is 0.498. The van der Waals surface area contributed by atoms with Gasteiger partial charge in [0.1, 0.15) is 11.6 Å². The fraction of sp³-hybridized carbons (Fsp3) is 0.250. The molecule has 2 aromatic carbocycles. The topological polar surface area (TPSA) is 21.3 Å². The minimum atomic E-state index is -0.324. The van der Waals surface area contributed by atoms with Crippen LogP contribution in [0.25, 0.3) is 0 Å². The van der Waals surface area contributed by atoms with Gasteiger partial charge in [0.05, 0.1) is 7.11 Å². The van der Waals surface area contributed by atoms with Crippen LogP contribution in [-0.2, 0) is 6.42 Å². The summed E-state index contributed by atoms with van der Waals surface area (Å²) in [7, 11) is 3.51. The predicted molar refractivity (Wildman–Crippen MR) is 79.9 cm³/mol. The molecule has 0 amide bonds. The maximum Gasteiger partial charge on any atom is 0.124 e. The van der Waals surface area contributed by atoms with E-state index in [1.165, 1.54) is 12.1 Å². The molecule has 106 valence electrons. The zero-order valence-corrected chi connectivity index (χ0v) is 12.2. The van der Waals surface area contributed by atoms with Crippen LogP contribution in [0.3, 0.4) is 0 Å². The summed E-state index contributed by atoms with van der Waals surface area (Å²) in [5, 5.41) is 3.65. The number of halogens is 2. The Bertz CT molecular complexity index is 588. The van der Waals surface area contributed by atoms with Gasteiger partial charge in [-0.2, -0.15) is 0 Å². The largest absolute Gasteiger partial charge is 0.497 e. The zero-order valence-electron chi connectivity index (χ0n) is 11.5. The van der Waals surface area contributed by atoms with Crippen molar-refractivity contribution < 1.29 is 9.13 Å². The number of methoxy groups -OCH3 is 1. The molecule has 1 atom stereocenters. The van der Waals surface area contributed by atoms with E-state index >= 15 is 0 Å². The average Bonchev–Trinajstić information content (AvgIpc) is 2.45. The van der Waals surface area contributed by atoms with Gasteiger partial charge in [0.15, 0.2) is 0 Å². The molecule has 0 aliphatic heterocycles. The number of nitrogens with one attached hydrogen (secondary N) is 1. The van der Waals surface area contributed by atoms with Crippen LogP contribution in [0.1, 0.15) is 17.2 Å². The Morgan fingerprint density at radius 1 is 1.25 bits per heavy atom. The third-order valence-electron chi connectivity index (χ3n) is 3.26. The molecule has 1 unspecified atom stereocenters. The second-order valence-electron chi connectivity index (χ2n) is 4.56. The molecule has 0 saturated heterocycles. The summed E-state index contributed by atoms with van der Waals surface area (Å²) < 4.78 is 18.3. The Balaban J connectivity index is 2.23. The molecule has 2 nitrogen and oxygen atoms in total. The van der Waals surface area contributed by atoms with E-state index in [2.05, 4.69) is 5.32 Å². The number of hydrogen-bond donors (Lipinski definition) is 1. The monoisotopic (exact) mass is 293 g/mol. The van der Waals surface area contributed by atoms with Gasteiger partial charge in [-0.05, 0) is 48.9 Å². The number of ether oxygens (including phenoxy) is 1. The van der Waals surface area contributed by atoms with Crippen molar-refractivity contribution in [2.45, 2.75) is 12.5 Å². The minimum absolute atomic E-state index is 0.0233. The SMILES string of the molecule is CNC(Cc1cccc(OC)c1)c1ccc(F)cc1Cl. The van der Waals surface area contributed by atoms with Gasteiger partial charge in [-0.25, -0.2) is 4.39 Å². The summed E-state index contributed by atoms with van der Waals surface area (Å²) in [6.07, 6.45) is 0.749. The first kappa shape index (κ1) is 14.8. The highest BCUT2D eigenvalue weighted by Crippen LogP contribution is 2.27. The van der Waals surface area contributed by atoms with Crippen molar-refractivity contribution in [1.82, 2.24) is 5.32 Å². The van der Waals surface area contributed by atoms with E-state index in [0.717, 1.165) is 23.3 Å². The van der Waals surface area contributed by atoms with E-state index in [4.69, 9.17) is 16.3 Å². The van der Waals surface area contributed by atoms with Gasteiger partial charge in [0.2, 0.25) is 0 Å². The highest BCUT2D eigenvalue weighted by Gasteiger charge is 2.14. The summed E-state index contributed by atoms with van der Waals surface area (Å²) >= 11 is 6.12. The van der Waals surface area contributed by atoms with Crippen LogP contribution in [0.2, 0.25) is 5.02 Å². The molecule has 0 heterocycles. The second-order valence-corrected chi connectivity index (χ2v) is 4.97. The van der Waals surface area contributed by atoms with Crippen LogP contribution in [0.15, 0.2) is 42.5 Å². The van der Waals surface area contributed by atoms with Gasteiger partial charge in [0, 0.05) is 11.1 Å². The molecule has 0 radical (unpaired) electrons. The van der Waals surface area contributed by atoms with Gasteiger partial charge in [-0.15, -0.1) is 0 Å². The lowest BCUT2D eigenvalue weighted by Gasteiger charge is -2.18. The molecule has 4 heteroatoms. The molecule has 0 aliphatic rings. The quantitative estimate of drug-likeness (QED) is 0.900. The number of hydrogen-bond acceptors (Lipinski definition) is 2. The van der Waals surface area contributed by atoms with Crippen LogP contribution in [0.4, 0.5) is 4.39 Å². The van der Waals surface area contributed by atoms with E-state index in [1.54, 1.807) is 13.2 Å². The third kappa shape index (κ3) is 3.50. The van der Waals surface area contributed by atoms with Crippen LogP contribution in [0.5, 0.6) is 5.75 Å². The van der Waals surface area contributed by atoms with Gasteiger partial charge in [-0.1, -0.05) is 29.8 Å². The van der Waals surface area contributed by atoms with Crippen LogP contribution < -0.4 is 10.1 Å². The highest BCUT2D eigenvalue weighted by molar-refractivity contribution is 6.31. The van der Waals surface area contributed by atoms with E-state index in [1.807, 2.05) is 31.3 Å². The lowest BCUT2D eigenvalue weighted by atomic mass is 9.98. The summed E-state index contributed by atoms with van der Waals surface area (Å²) in [4.78, 5) is 0. The summed E-state index contributed by atoms with van der Waals surface area (Å²) in [6.45, 7) is 0. The number of likely N-dealkylation sites (N-methyl/N-ethyl adjacent to an activating group) is 1. The summed E-state index contributed by atoms with van der Waals surface area (Å²) in [5.41, 5.74) is 2.02. The molecular formula is C16H17ClFNO. The van der Waals surface area contributed by atoms with Crippen molar-refractivity contribution in [3.63, 3.8) is 0 Å². The van der Waals surface area contributed by atoms with E-state index in [-0.39, 0.29) is 11.9 Å². The van der Waals surface area contributed by atoms with Crippen molar-refractivity contribution in [3.05, 3.63) is 64.4 Å². The average molecular weight is 294 g/mol. The Morgan fingerprint density at radius 2 is 2.05 bits per heavy atom. The molecule has 20 heavy (non-hydrogen) atoms. The molecule has 0 aliphatic carbocycles. The van der Waals surface area contributed by atoms with Gasteiger partial charge < -0.3 is 10.1 Å². The third-order valence-corrected chi connectivity index (χ3v) is 3.59. The first-order chi connectivity index (χ1) is 9.63. The Labute approximate surface area is 123 Å². The fourth-order valence-corrected chi connectivity index (χ4v) is 2.49. The molecule has 0 spiro atoms. The van der Waals surface area contributed by atoms with E-state index in [9.17, 15) is 4.39 Å². The molecule has 2 rings (SSSR count). The van der Waals surface area contributed by atoms with E-state index in [0.29, 0.717) is 5.02 Å². The van der Waals surface area contributed by atoms with Crippen molar-refractivity contribution in [2.24, 2.45) is 0 Å². The van der Waals surface area contributed by atoms with Crippen molar-refractivity contribution >= 4 is 11.6 Å². The van der Waals surface area contributed by atoms with Gasteiger partial charge in [0.25, 0.3) is 0 Å². The van der Waals surface area contributed by atoms with Crippen LogP contribution >= 0.6 is 11.6 Å². The smallest absolute Gasteiger partial charge is 0.124 e. The fourth-order valence-electron chi connectivity index (χ4n) is 2.19.